The molecule has 2 aromatic carbocycles. The molecule has 0 bridgehead atoms. The highest BCUT2D eigenvalue weighted by Gasteiger charge is 2.16. The van der Waals surface area contributed by atoms with E-state index >= 15 is 0 Å². The molecule has 1 unspecified atom stereocenters. The summed E-state index contributed by atoms with van der Waals surface area (Å²) in [5.41, 5.74) is 2.14. The van der Waals surface area contributed by atoms with Crippen LogP contribution in [0.3, 0.4) is 0 Å². The molecule has 0 aromatic heterocycles. The van der Waals surface area contributed by atoms with Crippen LogP contribution in [0.5, 0.6) is 5.75 Å². The van der Waals surface area contributed by atoms with Gasteiger partial charge in [0.25, 0.3) is 5.69 Å². The highest BCUT2D eigenvalue weighted by Crippen LogP contribution is 2.22. The molecule has 2 aromatic rings. The van der Waals surface area contributed by atoms with Gasteiger partial charge in [-0.05, 0) is 36.7 Å². The van der Waals surface area contributed by atoms with Crippen LogP contribution in [0.25, 0.3) is 0 Å². The first-order chi connectivity index (χ1) is 11.5. The average Bonchev–Trinajstić information content (AvgIpc) is 2.61. The van der Waals surface area contributed by atoms with E-state index in [9.17, 15) is 15.2 Å². The predicted octanol–water partition coefficient (Wildman–Crippen LogP) is 2.81. The summed E-state index contributed by atoms with van der Waals surface area (Å²) in [7, 11) is 3.57. The van der Waals surface area contributed by atoms with Gasteiger partial charge in [-0.2, -0.15) is 0 Å². The van der Waals surface area contributed by atoms with E-state index in [1.165, 1.54) is 12.1 Å². The molecule has 2 rings (SSSR count). The van der Waals surface area contributed by atoms with Crippen LogP contribution in [0.4, 0.5) is 5.69 Å². The first-order valence-electron chi connectivity index (χ1n) is 7.73. The number of methoxy groups -OCH3 is 1. The molecule has 0 spiro atoms. The van der Waals surface area contributed by atoms with Crippen molar-refractivity contribution in [1.82, 2.24) is 4.90 Å². The van der Waals surface area contributed by atoms with Crippen molar-refractivity contribution in [3.8, 4) is 5.75 Å². The number of nitrogens with zero attached hydrogens (tertiary/aromatic N) is 2. The van der Waals surface area contributed by atoms with Gasteiger partial charge >= 0.3 is 0 Å². The van der Waals surface area contributed by atoms with Crippen molar-refractivity contribution in [2.75, 3.05) is 27.3 Å². The molecule has 0 aliphatic carbocycles. The van der Waals surface area contributed by atoms with Crippen molar-refractivity contribution in [3.63, 3.8) is 0 Å². The van der Waals surface area contributed by atoms with Crippen LogP contribution >= 0.6 is 0 Å². The molecule has 0 aliphatic heterocycles. The van der Waals surface area contributed by atoms with Crippen LogP contribution in [-0.4, -0.2) is 42.2 Å². The normalized spacial score (nSPS) is 12.2. The lowest BCUT2D eigenvalue weighted by Crippen LogP contribution is -2.29. The van der Waals surface area contributed by atoms with Gasteiger partial charge in [0, 0.05) is 18.7 Å². The van der Waals surface area contributed by atoms with Crippen LogP contribution in [0.2, 0.25) is 0 Å². The fourth-order valence-electron chi connectivity index (χ4n) is 2.57. The maximum atomic E-state index is 10.7. The zero-order chi connectivity index (χ0) is 17.5. The van der Waals surface area contributed by atoms with Gasteiger partial charge in [-0.25, -0.2) is 0 Å². The second kappa shape index (κ2) is 8.42. The maximum Gasteiger partial charge on any atom is 0.269 e. The van der Waals surface area contributed by atoms with Gasteiger partial charge in [0.1, 0.15) is 5.75 Å². The lowest BCUT2D eigenvalue weighted by atomic mass is 10.1. The van der Waals surface area contributed by atoms with E-state index in [1.807, 2.05) is 31.3 Å². The minimum atomic E-state index is -0.401. The molecule has 1 atom stereocenters. The lowest BCUT2D eigenvalue weighted by Gasteiger charge is -2.27. The van der Waals surface area contributed by atoms with Gasteiger partial charge in [-0.1, -0.05) is 24.3 Å². The first kappa shape index (κ1) is 17.9. The molecule has 0 amide bonds. The molecule has 0 radical (unpaired) electrons. The summed E-state index contributed by atoms with van der Waals surface area (Å²) in [5.74, 6) is 0.781. The molecule has 6 nitrogen and oxygen atoms in total. The molecular formula is C18H22N2O4. The Morgan fingerprint density at radius 2 is 1.79 bits per heavy atom. The quantitative estimate of drug-likeness (QED) is 0.595. The van der Waals surface area contributed by atoms with Crippen molar-refractivity contribution in [1.29, 1.82) is 0 Å². The number of ether oxygens (including phenoxy) is 1. The second-order valence-corrected chi connectivity index (χ2v) is 5.63. The van der Waals surface area contributed by atoms with Gasteiger partial charge in [0.2, 0.25) is 0 Å². The van der Waals surface area contributed by atoms with E-state index in [4.69, 9.17) is 4.74 Å². The van der Waals surface area contributed by atoms with Crippen LogP contribution < -0.4 is 4.74 Å². The van der Waals surface area contributed by atoms with Crippen LogP contribution in [-0.2, 0) is 6.42 Å². The Morgan fingerprint density at radius 3 is 2.29 bits per heavy atom. The fourth-order valence-corrected chi connectivity index (χ4v) is 2.57. The van der Waals surface area contributed by atoms with E-state index in [0.717, 1.165) is 29.8 Å². The first-order valence-corrected chi connectivity index (χ1v) is 7.73. The van der Waals surface area contributed by atoms with E-state index in [-0.39, 0.29) is 18.3 Å². The number of aliphatic hydroxyl groups excluding tert-OH is 1. The standard InChI is InChI=1S/C18H22N2O4/c1-19(12-11-14-3-7-16(8-4-14)20(22)23)18(13-21)15-5-9-17(24-2)10-6-15/h3-10,18,21H,11-13H2,1-2H3. The summed E-state index contributed by atoms with van der Waals surface area (Å²) in [6.07, 6.45) is 0.751. The van der Waals surface area contributed by atoms with Gasteiger partial charge < -0.3 is 9.84 Å². The van der Waals surface area contributed by atoms with Crippen LogP contribution in [0, 0.1) is 10.1 Å². The summed E-state index contributed by atoms with van der Waals surface area (Å²) in [5, 5.41) is 20.4. The number of non-ortho nitro benzene ring substituents is 1. The van der Waals surface area contributed by atoms with E-state index in [0.29, 0.717) is 0 Å². The molecule has 0 fully saturated rings. The molecule has 1 N–H and O–H groups in total. The number of nitro groups is 1. The fraction of sp³-hybridized carbons (Fsp3) is 0.333. The molecule has 0 aliphatic rings. The topological polar surface area (TPSA) is 75.8 Å². The van der Waals surface area contributed by atoms with Gasteiger partial charge in [-0.3, -0.25) is 15.0 Å². The van der Waals surface area contributed by atoms with E-state index in [2.05, 4.69) is 4.90 Å². The third-order valence-corrected chi connectivity index (χ3v) is 4.11. The number of hydrogen-bond acceptors (Lipinski definition) is 5. The molecule has 24 heavy (non-hydrogen) atoms. The smallest absolute Gasteiger partial charge is 0.269 e. The van der Waals surface area contributed by atoms with E-state index < -0.39 is 4.92 Å². The van der Waals surface area contributed by atoms with Crippen molar-refractivity contribution in [2.24, 2.45) is 0 Å². The predicted molar refractivity (Wildman–Crippen MR) is 92.3 cm³/mol. The van der Waals surface area contributed by atoms with Crippen LogP contribution in [0.1, 0.15) is 17.2 Å². The Kier molecular flexibility index (Phi) is 6.28. The SMILES string of the molecule is COc1ccc(C(CO)N(C)CCc2ccc([N+](=O)[O-])cc2)cc1. The van der Waals surface area contributed by atoms with Crippen molar-refractivity contribution < 1.29 is 14.8 Å². The Morgan fingerprint density at radius 1 is 1.17 bits per heavy atom. The highest BCUT2D eigenvalue weighted by atomic mass is 16.6. The summed E-state index contributed by atoms with van der Waals surface area (Å²) < 4.78 is 5.15. The van der Waals surface area contributed by atoms with Crippen molar-refractivity contribution >= 4 is 5.69 Å². The third-order valence-electron chi connectivity index (χ3n) is 4.11. The molecule has 0 saturated carbocycles. The minimum absolute atomic E-state index is 0.0170. The molecule has 0 saturated heterocycles. The third kappa shape index (κ3) is 4.53. The summed E-state index contributed by atoms with van der Waals surface area (Å²) >= 11 is 0. The average molecular weight is 330 g/mol. The zero-order valence-corrected chi connectivity index (χ0v) is 13.9. The zero-order valence-electron chi connectivity index (χ0n) is 13.9. The number of likely N-dealkylation sites (N-methyl/N-ethyl adjacent to an activating group) is 1. The number of rotatable bonds is 8. The largest absolute Gasteiger partial charge is 0.497 e. The highest BCUT2D eigenvalue weighted by molar-refractivity contribution is 5.33. The molecule has 128 valence electrons. The molecule has 6 heteroatoms. The monoisotopic (exact) mass is 330 g/mol. The Labute approximate surface area is 141 Å². The van der Waals surface area contributed by atoms with Crippen molar-refractivity contribution in [2.45, 2.75) is 12.5 Å². The number of nitro benzene ring substituents is 1. The van der Waals surface area contributed by atoms with Gasteiger partial charge in [0.15, 0.2) is 0 Å². The molecular weight excluding hydrogens is 308 g/mol. The minimum Gasteiger partial charge on any atom is -0.497 e. The van der Waals surface area contributed by atoms with Crippen molar-refractivity contribution in [3.05, 3.63) is 69.8 Å². The Bertz CT molecular complexity index is 656. The number of benzene rings is 2. The van der Waals surface area contributed by atoms with E-state index in [1.54, 1.807) is 19.2 Å². The Hall–Kier alpha value is -2.44. The summed E-state index contributed by atoms with van der Waals surface area (Å²) in [4.78, 5) is 12.3. The summed E-state index contributed by atoms with van der Waals surface area (Å²) in [6.45, 7) is 0.748. The number of aliphatic hydroxyl groups is 1. The summed E-state index contributed by atoms with van der Waals surface area (Å²) in [6, 6.07) is 14.1. The molecule has 0 heterocycles. The van der Waals surface area contributed by atoms with Gasteiger partial charge in [-0.15, -0.1) is 0 Å². The second-order valence-electron chi connectivity index (χ2n) is 5.63. The number of hydrogen-bond donors (Lipinski definition) is 1. The maximum absolute atomic E-state index is 10.7. The lowest BCUT2D eigenvalue weighted by molar-refractivity contribution is -0.384. The van der Waals surface area contributed by atoms with Gasteiger partial charge in [0.05, 0.1) is 24.7 Å². The van der Waals surface area contributed by atoms with Crippen LogP contribution in [0.15, 0.2) is 48.5 Å². The Balaban J connectivity index is 1.98.